The van der Waals surface area contributed by atoms with E-state index in [1.165, 1.54) is 0 Å². The van der Waals surface area contributed by atoms with E-state index in [4.69, 9.17) is 0 Å². The SMILES string of the molecule is Fc1[c-]c(F)c(F)c(F)c1F.[Mo]. The zero-order valence-electron chi connectivity index (χ0n) is 5.30. The number of hydrogen-bond donors (Lipinski definition) is 0. The summed E-state index contributed by atoms with van der Waals surface area (Å²) < 4.78 is 59.9. The van der Waals surface area contributed by atoms with Crippen molar-refractivity contribution in [3.8, 4) is 0 Å². The third kappa shape index (κ3) is 1.83. The van der Waals surface area contributed by atoms with Crippen LogP contribution in [0.3, 0.4) is 0 Å². The first-order valence-electron chi connectivity index (χ1n) is 2.44. The molecule has 0 atom stereocenters. The third-order valence-electron chi connectivity index (χ3n) is 0.990. The van der Waals surface area contributed by atoms with Gasteiger partial charge < -0.3 is 0 Å². The summed E-state index contributed by atoms with van der Waals surface area (Å²) in [4.78, 5) is 0. The van der Waals surface area contributed by atoms with Crippen LogP contribution in [0.5, 0.6) is 0 Å². The van der Waals surface area contributed by atoms with Crippen LogP contribution in [-0.2, 0) is 21.1 Å². The van der Waals surface area contributed by atoms with Crippen LogP contribution in [0, 0.1) is 35.2 Å². The van der Waals surface area contributed by atoms with Crippen molar-refractivity contribution in [3.63, 3.8) is 0 Å². The second-order valence-corrected chi connectivity index (χ2v) is 1.69. The van der Waals surface area contributed by atoms with Gasteiger partial charge >= 0.3 is 0 Å². The molecule has 6 heteroatoms. The van der Waals surface area contributed by atoms with E-state index >= 15 is 0 Å². The minimum Gasteiger partial charge on any atom is -0.278 e. The average molecular weight is 263 g/mol. The molecule has 0 spiro atoms. The van der Waals surface area contributed by atoms with Crippen molar-refractivity contribution in [1.29, 1.82) is 0 Å². The molecule has 12 heavy (non-hydrogen) atoms. The molecular weight excluding hydrogens is 263 g/mol. The van der Waals surface area contributed by atoms with Gasteiger partial charge in [-0.1, -0.05) is 0 Å². The van der Waals surface area contributed by atoms with E-state index in [2.05, 4.69) is 0 Å². The van der Waals surface area contributed by atoms with Gasteiger partial charge in [0.25, 0.3) is 0 Å². The van der Waals surface area contributed by atoms with Crippen LogP contribution >= 0.6 is 0 Å². The van der Waals surface area contributed by atoms with Crippen molar-refractivity contribution in [2.24, 2.45) is 0 Å². The van der Waals surface area contributed by atoms with Crippen LogP contribution in [0.1, 0.15) is 0 Å². The number of benzene rings is 1. The summed E-state index contributed by atoms with van der Waals surface area (Å²) in [5, 5.41) is 0. The van der Waals surface area contributed by atoms with Crippen LogP contribution in [0.4, 0.5) is 22.0 Å². The fourth-order valence-corrected chi connectivity index (χ4v) is 0.495. The fraction of sp³-hybridized carbons (Fsp3) is 0. The largest absolute Gasteiger partial charge is 0.278 e. The van der Waals surface area contributed by atoms with Gasteiger partial charge in [-0.3, -0.25) is 8.78 Å². The molecule has 0 unspecified atom stereocenters. The minimum atomic E-state index is -2.17. The molecule has 0 fully saturated rings. The summed E-state index contributed by atoms with van der Waals surface area (Å²) >= 11 is 0. The van der Waals surface area contributed by atoms with Crippen molar-refractivity contribution >= 4 is 0 Å². The van der Waals surface area contributed by atoms with Crippen LogP contribution in [-0.4, -0.2) is 0 Å². The minimum absolute atomic E-state index is 0. The van der Waals surface area contributed by atoms with Gasteiger partial charge in [0.05, 0.1) is 29.1 Å². The van der Waals surface area contributed by atoms with Crippen molar-refractivity contribution in [1.82, 2.24) is 0 Å². The topological polar surface area (TPSA) is 0 Å². The Morgan fingerprint density at radius 3 is 1.33 bits per heavy atom. The summed E-state index contributed by atoms with van der Waals surface area (Å²) in [6.07, 6.45) is 0. The molecule has 0 bridgehead atoms. The molecule has 0 heterocycles. The molecule has 0 aliphatic rings. The normalized spacial score (nSPS) is 9.42. The number of halogens is 5. The predicted molar refractivity (Wildman–Crippen MR) is 25.1 cm³/mol. The molecule has 0 N–H and O–H groups in total. The zero-order valence-corrected chi connectivity index (χ0v) is 7.31. The van der Waals surface area contributed by atoms with E-state index < -0.39 is 29.1 Å². The smallest absolute Gasteiger partial charge is 0.0893 e. The van der Waals surface area contributed by atoms with E-state index in [9.17, 15) is 22.0 Å². The van der Waals surface area contributed by atoms with E-state index in [-0.39, 0.29) is 21.1 Å². The summed E-state index contributed by atoms with van der Waals surface area (Å²) in [7, 11) is 0. The fourth-order valence-electron chi connectivity index (χ4n) is 0.495. The molecule has 1 rings (SSSR count). The average Bonchev–Trinajstić information content (AvgIpc) is 1.97. The van der Waals surface area contributed by atoms with E-state index in [0.717, 1.165) is 6.07 Å². The van der Waals surface area contributed by atoms with Crippen molar-refractivity contribution in [3.05, 3.63) is 35.2 Å². The van der Waals surface area contributed by atoms with Gasteiger partial charge in [-0.2, -0.15) is 0 Å². The van der Waals surface area contributed by atoms with E-state index in [1.807, 2.05) is 0 Å². The molecule has 0 radical (unpaired) electrons. The first-order valence-corrected chi connectivity index (χ1v) is 2.44. The van der Waals surface area contributed by atoms with E-state index in [1.54, 1.807) is 0 Å². The Labute approximate surface area is 78.6 Å². The van der Waals surface area contributed by atoms with Gasteiger partial charge in [0, 0.05) is 21.1 Å². The Morgan fingerprint density at radius 1 is 0.667 bits per heavy atom. The monoisotopic (exact) mass is 265 g/mol. The summed E-state index contributed by atoms with van der Waals surface area (Å²) in [6, 6.07) is 1.02. The Kier molecular flexibility index (Phi) is 3.84. The van der Waals surface area contributed by atoms with Crippen LogP contribution in [0.2, 0.25) is 0 Å². The first-order chi connectivity index (χ1) is 5.04. The Balaban J connectivity index is 0.00000121. The molecule has 0 saturated carbocycles. The Hall–Kier alpha value is -0.442. The predicted octanol–water partition coefficient (Wildman–Crippen LogP) is 2.18. The van der Waals surface area contributed by atoms with Gasteiger partial charge in [0.1, 0.15) is 0 Å². The van der Waals surface area contributed by atoms with Gasteiger partial charge in [-0.15, -0.1) is 6.07 Å². The Morgan fingerprint density at radius 2 is 1.00 bits per heavy atom. The van der Waals surface area contributed by atoms with Crippen molar-refractivity contribution in [2.45, 2.75) is 0 Å². The van der Waals surface area contributed by atoms with Crippen LogP contribution in [0.15, 0.2) is 0 Å². The maximum atomic E-state index is 12.0. The van der Waals surface area contributed by atoms with Gasteiger partial charge in [0.2, 0.25) is 0 Å². The van der Waals surface area contributed by atoms with Crippen LogP contribution < -0.4 is 0 Å². The molecule has 0 nitrogen and oxygen atoms in total. The number of rotatable bonds is 0. The summed E-state index contributed by atoms with van der Waals surface area (Å²) in [5.41, 5.74) is 0. The standard InChI is InChI=1S/C6F5.Mo/c7-2-1-3(8)5(10)6(11)4(2)9;/q-1;. The summed E-state index contributed by atoms with van der Waals surface area (Å²) in [5.74, 6) is -10.0. The molecule has 1 aromatic rings. The molecular formula is C6F5Mo-. The quantitative estimate of drug-likeness (QED) is 0.221. The van der Waals surface area contributed by atoms with E-state index in [0.29, 0.717) is 0 Å². The second kappa shape index (κ2) is 3.99. The molecule has 0 aliphatic heterocycles. The molecule has 66 valence electrons. The van der Waals surface area contributed by atoms with Crippen LogP contribution in [0.25, 0.3) is 0 Å². The van der Waals surface area contributed by atoms with Crippen molar-refractivity contribution in [2.75, 3.05) is 0 Å². The maximum absolute atomic E-state index is 12.0. The molecule has 0 aromatic heterocycles. The maximum Gasteiger partial charge on any atom is 0.0893 e. The third-order valence-corrected chi connectivity index (χ3v) is 0.990. The molecule has 0 amide bonds. The molecule has 0 saturated heterocycles. The molecule has 1 aromatic carbocycles. The van der Waals surface area contributed by atoms with Gasteiger partial charge in [0.15, 0.2) is 0 Å². The number of hydrogen-bond acceptors (Lipinski definition) is 0. The van der Waals surface area contributed by atoms with Gasteiger partial charge in [-0.25, -0.2) is 13.2 Å². The zero-order chi connectivity index (χ0) is 8.59. The van der Waals surface area contributed by atoms with Gasteiger partial charge in [-0.05, 0) is 0 Å². The Bertz CT molecular complexity index is 272. The second-order valence-electron chi connectivity index (χ2n) is 1.69. The van der Waals surface area contributed by atoms with Crippen molar-refractivity contribution < 1.29 is 43.0 Å². The summed E-state index contributed by atoms with van der Waals surface area (Å²) in [6.45, 7) is 0. The molecule has 0 aliphatic carbocycles. The first kappa shape index (κ1) is 11.6.